The minimum Gasteiger partial charge on any atom is -0.496 e. The number of ether oxygens (including phenoxy) is 3. The summed E-state index contributed by atoms with van der Waals surface area (Å²) in [4.78, 5) is 12.3. The third-order valence-corrected chi connectivity index (χ3v) is 6.37. The summed E-state index contributed by atoms with van der Waals surface area (Å²) < 4.78 is 16.5. The van der Waals surface area contributed by atoms with Gasteiger partial charge in [0.2, 0.25) is 0 Å². The van der Waals surface area contributed by atoms with E-state index in [9.17, 15) is 5.11 Å². The first-order valence-electron chi connectivity index (χ1n) is 11.4. The van der Waals surface area contributed by atoms with Crippen LogP contribution in [0, 0.1) is 0 Å². The number of anilines is 1. The summed E-state index contributed by atoms with van der Waals surface area (Å²) in [5.41, 5.74) is 6.47. The predicted molar refractivity (Wildman–Crippen MR) is 128 cm³/mol. The molecule has 7 nitrogen and oxygen atoms in total. The highest BCUT2D eigenvalue weighted by atomic mass is 16.5. The molecular weight excluding hydrogens is 418 g/mol. The van der Waals surface area contributed by atoms with Gasteiger partial charge in [-0.3, -0.25) is 0 Å². The maximum absolute atomic E-state index is 9.73. The lowest BCUT2D eigenvalue weighted by molar-refractivity contribution is 0.0991. The standard InChI is InChI=1S/C26H29N3O4/c1-17-16-33-12-9-29(17)24-14-23(18-7-10-32-11-8-18)28-26-21(24)4-5-22(27-26)19-3-6-25(31-2)20(13-19)15-30/h3-7,13-14,17,30H,8-12,15-16H2,1-2H3. The third kappa shape index (κ3) is 4.31. The smallest absolute Gasteiger partial charge is 0.162 e. The van der Waals surface area contributed by atoms with Crippen molar-refractivity contribution in [1.82, 2.24) is 9.97 Å². The first kappa shape index (κ1) is 21.8. The SMILES string of the molecule is COc1ccc(-c2ccc3c(N4CCOCC4C)cc(C4=CCOCC4)nc3n2)cc1CO. The fourth-order valence-corrected chi connectivity index (χ4v) is 4.56. The minimum absolute atomic E-state index is 0.0950. The van der Waals surface area contributed by atoms with Gasteiger partial charge in [0.15, 0.2) is 5.65 Å². The van der Waals surface area contributed by atoms with E-state index in [1.807, 2.05) is 24.3 Å². The molecule has 0 amide bonds. The average Bonchev–Trinajstić information content (AvgIpc) is 2.88. The minimum atomic E-state index is -0.0950. The number of nitrogens with zero attached hydrogens (tertiary/aromatic N) is 3. The fraction of sp³-hybridized carbons (Fsp3) is 0.385. The van der Waals surface area contributed by atoms with E-state index in [4.69, 9.17) is 24.2 Å². The van der Waals surface area contributed by atoms with Crippen LogP contribution >= 0.6 is 0 Å². The molecule has 5 rings (SSSR count). The molecule has 1 atom stereocenters. The Hall–Kier alpha value is -3.00. The van der Waals surface area contributed by atoms with Crippen molar-refractivity contribution in [3.63, 3.8) is 0 Å². The van der Waals surface area contributed by atoms with E-state index in [1.54, 1.807) is 7.11 Å². The largest absolute Gasteiger partial charge is 0.496 e. The molecule has 0 radical (unpaired) electrons. The third-order valence-electron chi connectivity index (χ3n) is 6.37. The van der Waals surface area contributed by atoms with Crippen LogP contribution in [0.25, 0.3) is 27.9 Å². The second-order valence-corrected chi connectivity index (χ2v) is 8.45. The van der Waals surface area contributed by atoms with E-state index in [-0.39, 0.29) is 12.6 Å². The van der Waals surface area contributed by atoms with Gasteiger partial charge >= 0.3 is 0 Å². The quantitative estimate of drug-likeness (QED) is 0.637. The van der Waals surface area contributed by atoms with Crippen molar-refractivity contribution in [3.05, 3.63) is 53.7 Å². The number of fused-ring (bicyclic) bond motifs is 1. The van der Waals surface area contributed by atoms with E-state index in [2.05, 4.69) is 30.0 Å². The van der Waals surface area contributed by atoms with Crippen molar-refractivity contribution in [2.24, 2.45) is 0 Å². The molecule has 4 heterocycles. The van der Waals surface area contributed by atoms with Crippen LogP contribution in [0.5, 0.6) is 5.75 Å². The van der Waals surface area contributed by atoms with Gasteiger partial charge in [-0.05, 0) is 55.3 Å². The summed E-state index contributed by atoms with van der Waals surface area (Å²) in [5, 5.41) is 10.8. The van der Waals surface area contributed by atoms with Crippen molar-refractivity contribution < 1.29 is 19.3 Å². The molecule has 0 spiro atoms. The molecule has 1 N–H and O–H groups in total. The number of rotatable bonds is 5. The summed E-state index contributed by atoms with van der Waals surface area (Å²) in [6.07, 6.45) is 2.96. The van der Waals surface area contributed by atoms with E-state index < -0.39 is 0 Å². The van der Waals surface area contributed by atoms with Crippen LogP contribution in [-0.4, -0.2) is 61.2 Å². The predicted octanol–water partition coefficient (Wildman–Crippen LogP) is 3.83. The number of aromatic nitrogens is 2. The lowest BCUT2D eigenvalue weighted by atomic mass is 10.0. The van der Waals surface area contributed by atoms with Crippen molar-refractivity contribution in [1.29, 1.82) is 0 Å². The summed E-state index contributed by atoms with van der Waals surface area (Å²) in [5.74, 6) is 0.664. The molecule has 3 aromatic rings. The molecule has 33 heavy (non-hydrogen) atoms. The van der Waals surface area contributed by atoms with Gasteiger partial charge in [0.1, 0.15) is 5.75 Å². The monoisotopic (exact) mass is 447 g/mol. The molecule has 2 aliphatic rings. The van der Waals surface area contributed by atoms with Crippen molar-refractivity contribution in [2.75, 3.05) is 45.0 Å². The van der Waals surface area contributed by atoms with Crippen LogP contribution in [0.3, 0.4) is 0 Å². The number of methoxy groups -OCH3 is 1. The lowest BCUT2D eigenvalue weighted by Crippen LogP contribution is -2.43. The molecule has 1 saturated heterocycles. The van der Waals surface area contributed by atoms with Gasteiger partial charge in [-0.25, -0.2) is 9.97 Å². The molecule has 2 aliphatic heterocycles. The van der Waals surface area contributed by atoms with Crippen molar-refractivity contribution in [3.8, 4) is 17.0 Å². The Kier molecular flexibility index (Phi) is 6.26. The highest BCUT2D eigenvalue weighted by Gasteiger charge is 2.23. The maximum atomic E-state index is 9.73. The number of aliphatic hydroxyl groups excluding tert-OH is 1. The Morgan fingerprint density at radius 2 is 1.97 bits per heavy atom. The van der Waals surface area contributed by atoms with Gasteiger partial charge in [0, 0.05) is 29.1 Å². The molecule has 1 aromatic carbocycles. The van der Waals surface area contributed by atoms with Crippen LogP contribution in [0.1, 0.15) is 24.6 Å². The Labute approximate surface area is 193 Å². The summed E-state index contributed by atoms with van der Waals surface area (Å²) in [6.45, 7) is 5.66. The maximum Gasteiger partial charge on any atom is 0.162 e. The zero-order chi connectivity index (χ0) is 22.8. The number of morpholine rings is 1. The summed E-state index contributed by atoms with van der Waals surface area (Å²) in [6, 6.07) is 12.3. The van der Waals surface area contributed by atoms with Gasteiger partial charge in [-0.15, -0.1) is 0 Å². The van der Waals surface area contributed by atoms with Crippen LogP contribution in [0.4, 0.5) is 5.69 Å². The number of benzene rings is 1. The molecule has 0 aliphatic carbocycles. The molecular formula is C26H29N3O4. The topological polar surface area (TPSA) is 76.9 Å². The van der Waals surface area contributed by atoms with Crippen molar-refractivity contribution >= 4 is 22.3 Å². The van der Waals surface area contributed by atoms with Gasteiger partial charge in [-0.2, -0.15) is 0 Å². The average molecular weight is 448 g/mol. The second kappa shape index (κ2) is 9.47. The van der Waals surface area contributed by atoms with E-state index in [1.165, 1.54) is 5.57 Å². The number of pyridine rings is 2. The van der Waals surface area contributed by atoms with E-state index in [0.29, 0.717) is 37.8 Å². The molecule has 7 heteroatoms. The molecule has 172 valence electrons. The van der Waals surface area contributed by atoms with E-state index in [0.717, 1.165) is 46.6 Å². The Morgan fingerprint density at radius 1 is 1.09 bits per heavy atom. The molecule has 0 bridgehead atoms. The zero-order valence-electron chi connectivity index (χ0n) is 19.1. The summed E-state index contributed by atoms with van der Waals surface area (Å²) >= 11 is 0. The van der Waals surface area contributed by atoms with Crippen LogP contribution in [-0.2, 0) is 16.1 Å². The summed E-state index contributed by atoms with van der Waals surface area (Å²) in [7, 11) is 1.60. The second-order valence-electron chi connectivity index (χ2n) is 8.45. The number of aliphatic hydroxyl groups is 1. The van der Waals surface area contributed by atoms with Gasteiger partial charge in [0.25, 0.3) is 0 Å². The first-order chi connectivity index (χ1) is 16.2. The highest BCUT2D eigenvalue weighted by molar-refractivity contribution is 5.93. The molecule has 1 unspecified atom stereocenters. The lowest BCUT2D eigenvalue weighted by Gasteiger charge is -2.36. The Morgan fingerprint density at radius 3 is 2.73 bits per heavy atom. The Balaban J connectivity index is 1.65. The van der Waals surface area contributed by atoms with Crippen LogP contribution < -0.4 is 9.64 Å². The first-order valence-corrected chi connectivity index (χ1v) is 11.4. The molecule has 2 aromatic heterocycles. The molecule has 0 saturated carbocycles. The number of hydrogen-bond donors (Lipinski definition) is 1. The normalized spacial score (nSPS) is 18.9. The fourth-order valence-electron chi connectivity index (χ4n) is 4.56. The zero-order valence-corrected chi connectivity index (χ0v) is 19.1. The van der Waals surface area contributed by atoms with Crippen molar-refractivity contribution in [2.45, 2.75) is 26.0 Å². The highest BCUT2D eigenvalue weighted by Crippen LogP contribution is 2.34. The Bertz CT molecular complexity index is 1190. The van der Waals surface area contributed by atoms with Gasteiger partial charge in [0.05, 0.1) is 57.2 Å². The van der Waals surface area contributed by atoms with E-state index >= 15 is 0 Å². The number of hydrogen-bond acceptors (Lipinski definition) is 7. The van der Waals surface area contributed by atoms with Crippen LogP contribution in [0.2, 0.25) is 0 Å². The van der Waals surface area contributed by atoms with Gasteiger partial charge < -0.3 is 24.2 Å². The van der Waals surface area contributed by atoms with Crippen LogP contribution in [0.15, 0.2) is 42.5 Å². The van der Waals surface area contributed by atoms with Gasteiger partial charge in [-0.1, -0.05) is 6.08 Å². The molecule has 1 fully saturated rings.